The van der Waals surface area contributed by atoms with Crippen molar-refractivity contribution in [2.24, 2.45) is 0 Å². The number of esters is 1. The molecular weight excluding hydrogens is 361 g/mol. The molecule has 2 aromatic carbocycles. The number of sulfone groups is 1. The molecule has 136 valence electrons. The molecular formula is C18H16FNO5S. The Morgan fingerprint density at radius 1 is 1.00 bits per heavy atom. The number of ether oxygens (including phenoxy) is 1. The topological polar surface area (TPSA) is 80.8 Å². The molecule has 0 unspecified atom stereocenters. The van der Waals surface area contributed by atoms with Crippen LogP contribution >= 0.6 is 0 Å². The molecule has 1 fully saturated rings. The fourth-order valence-corrected chi connectivity index (χ4v) is 4.32. The second-order valence-electron chi connectivity index (χ2n) is 5.90. The smallest absolute Gasteiger partial charge is 0.337 e. The van der Waals surface area contributed by atoms with Crippen LogP contribution < -0.4 is 0 Å². The molecule has 1 saturated heterocycles. The minimum Gasteiger partial charge on any atom is -0.465 e. The average molecular weight is 377 g/mol. The normalized spacial score (nSPS) is 14.6. The SMILES string of the molecule is COC(=O)c1ccc(C(=O)N2CC(S(=O)(=O)c3ccc(F)cc3)C2)cc1. The van der Waals surface area contributed by atoms with Crippen molar-refractivity contribution in [3.63, 3.8) is 0 Å². The summed E-state index contributed by atoms with van der Waals surface area (Å²) in [4.78, 5) is 25.2. The van der Waals surface area contributed by atoms with Crippen LogP contribution in [-0.2, 0) is 14.6 Å². The summed E-state index contributed by atoms with van der Waals surface area (Å²) >= 11 is 0. The lowest BCUT2D eigenvalue weighted by Gasteiger charge is -2.38. The lowest BCUT2D eigenvalue weighted by atomic mass is 10.1. The van der Waals surface area contributed by atoms with Crippen molar-refractivity contribution < 1.29 is 27.1 Å². The minimum atomic E-state index is -3.61. The molecule has 26 heavy (non-hydrogen) atoms. The summed E-state index contributed by atoms with van der Waals surface area (Å²) in [6.07, 6.45) is 0. The quantitative estimate of drug-likeness (QED) is 0.601. The molecule has 0 N–H and O–H groups in total. The first-order chi connectivity index (χ1) is 12.3. The van der Waals surface area contributed by atoms with Gasteiger partial charge in [0.05, 0.1) is 17.6 Å². The maximum atomic E-state index is 13.0. The molecule has 0 aliphatic carbocycles. The fraction of sp³-hybridized carbons (Fsp3) is 0.222. The van der Waals surface area contributed by atoms with E-state index in [0.29, 0.717) is 11.1 Å². The second kappa shape index (κ2) is 6.87. The lowest BCUT2D eigenvalue weighted by molar-refractivity contribution is 0.0598. The third-order valence-electron chi connectivity index (χ3n) is 4.27. The van der Waals surface area contributed by atoms with Gasteiger partial charge in [-0.3, -0.25) is 4.79 Å². The number of benzene rings is 2. The van der Waals surface area contributed by atoms with Crippen LogP contribution in [-0.4, -0.2) is 50.6 Å². The molecule has 1 heterocycles. The highest BCUT2D eigenvalue weighted by molar-refractivity contribution is 7.92. The highest BCUT2D eigenvalue weighted by Crippen LogP contribution is 2.25. The van der Waals surface area contributed by atoms with Crippen molar-refractivity contribution in [2.45, 2.75) is 10.1 Å². The first kappa shape index (κ1) is 18.1. The number of nitrogens with zero attached hydrogens (tertiary/aromatic N) is 1. The van der Waals surface area contributed by atoms with Crippen LogP contribution in [0.2, 0.25) is 0 Å². The van der Waals surface area contributed by atoms with Crippen molar-refractivity contribution >= 4 is 21.7 Å². The van der Waals surface area contributed by atoms with Gasteiger partial charge in [0.2, 0.25) is 0 Å². The van der Waals surface area contributed by atoms with Gasteiger partial charge < -0.3 is 9.64 Å². The van der Waals surface area contributed by atoms with E-state index in [9.17, 15) is 22.4 Å². The van der Waals surface area contributed by atoms with Crippen LogP contribution in [0.3, 0.4) is 0 Å². The molecule has 0 aromatic heterocycles. The fourth-order valence-electron chi connectivity index (χ4n) is 2.67. The lowest BCUT2D eigenvalue weighted by Crippen LogP contribution is -2.56. The van der Waals surface area contributed by atoms with E-state index in [1.807, 2.05) is 0 Å². The van der Waals surface area contributed by atoms with Crippen LogP contribution in [0.15, 0.2) is 53.4 Å². The number of likely N-dealkylation sites (tertiary alicyclic amines) is 1. The van der Waals surface area contributed by atoms with Gasteiger partial charge in [-0.1, -0.05) is 0 Å². The molecule has 1 amide bonds. The van der Waals surface area contributed by atoms with Gasteiger partial charge in [-0.25, -0.2) is 17.6 Å². The zero-order chi connectivity index (χ0) is 18.9. The molecule has 2 aromatic rings. The zero-order valence-corrected chi connectivity index (χ0v) is 14.7. The highest BCUT2D eigenvalue weighted by atomic mass is 32.2. The predicted octanol–water partition coefficient (Wildman–Crippen LogP) is 1.91. The number of methoxy groups -OCH3 is 1. The van der Waals surface area contributed by atoms with E-state index in [1.54, 1.807) is 0 Å². The molecule has 0 bridgehead atoms. The summed E-state index contributed by atoms with van der Waals surface area (Å²) in [5.41, 5.74) is 0.680. The Morgan fingerprint density at radius 3 is 2.08 bits per heavy atom. The molecule has 1 aliphatic heterocycles. The van der Waals surface area contributed by atoms with Gasteiger partial charge >= 0.3 is 5.97 Å². The zero-order valence-electron chi connectivity index (χ0n) is 13.9. The highest BCUT2D eigenvalue weighted by Gasteiger charge is 2.40. The summed E-state index contributed by atoms with van der Waals surface area (Å²) in [6, 6.07) is 10.6. The van der Waals surface area contributed by atoms with Crippen LogP contribution in [0.25, 0.3) is 0 Å². The van der Waals surface area contributed by atoms with Gasteiger partial charge in [0.1, 0.15) is 11.1 Å². The molecule has 0 spiro atoms. The molecule has 0 radical (unpaired) electrons. The van der Waals surface area contributed by atoms with Crippen molar-refractivity contribution in [1.29, 1.82) is 0 Å². The Kier molecular flexibility index (Phi) is 4.78. The van der Waals surface area contributed by atoms with Crippen molar-refractivity contribution in [3.05, 3.63) is 65.5 Å². The standard InChI is InChI=1S/C18H16FNO5S/c1-25-18(22)13-4-2-12(3-5-13)17(21)20-10-16(11-20)26(23,24)15-8-6-14(19)7-9-15/h2-9,16H,10-11H2,1H3. The molecule has 8 heteroatoms. The Labute approximate surface area is 150 Å². The number of carbonyl (C=O) groups excluding carboxylic acids is 2. The largest absolute Gasteiger partial charge is 0.465 e. The number of halogens is 1. The third-order valence-corrected chi connectivity index (χ3v) is 6.37. The third kappa shape index (κ3) is 3.32. The molecule has 3 rings (SSSR count). The van der Waals surface area contributed by atoms with E-state index in [2.05, 4.69) is 4.74 Å². The summed E-state index contributed by atoms with van der Waals surface area (Å²) in [6.45, 7) is 0.134. The summed E-state index contributed by atoms with van der Waals surface area (Å²) in [7, 11) is -2.34. The Bertz CT molecular complexity index is 933. The molecule has 1 aliphatic rings. The van der Waals surface area contributed by atoms with Gasteiger partial charge in [-0.2, -0.15) is 0 Å². The second-order valence-corrected chi connectivity index (χ2v) is 8.13. The monoisotopic (exact) mass is 377 g/mol. The molecule has 0 saturated carbocycles. The van der Waals surface area contributed by atoms with E-state index in [4.69, 9.17) is 0 Å². The summed E-state index contributed by atoms with van der Waals surface area (Å²) in [5, 5.41) is -0.716. The van der Waals surface area contributed by atoms with Crippen molar-refractivity contribution in [3.8, 4) is 0 Å². The van der Waals surface area contributed by atoms with Crippen LogP contribution in [0.4, 0.5) is 4.39 Å². The van der Waals surface area contributed by atoms with Gasteiger partial charge in [0, 0.05) is 18.7 Å². The van der Waals surface area contributed by atoms with E-state index >= 15 is 0 Å². The van der Waals surface area contributed by atoms with Gasteiger partial charge in [0.15, 0.2) is 9.84 Å². The number of carbonyl (C=O) groups is 2. The summed E-state index contributed by atoms with van der Waals surface area (Å²) in [5.74, 6) is -1.32. The Morgan fingerprint density at radius 2 is 1.54 bits per heavy atom. The van der Waals surface area contributed by atoms with Crippen LogP contribution in [0.5, 0.6) is 0 Å². The molecule has 0 atom stereocenters. The average Bonchev–Trinajstić information content (AvgIpc) is 2.60. The van der Waals surface area contributed by atoms with Crippen LogP contribution in [0.1, 0.15) is 20.7 Å². The number of hydrogen-bond donors (Lipinski definition) is 0. The number of amides is 1. The number of hydrogen-bond acceptors (Lipinski definition) is 5. The maximum absolute atomic E-state index is 13.0. The first-order valence-corrected chi connectivity index (χ1v) is 9.34. The van der Waals surface area contributed by atoms with Gasteiger partial charge in [0.25, 0.3) is 5.91 Å². The van der Waals surface area contributed by atoms with Crippen LogP contribution in [0, 0.1) is 5.82 Å². The van der Waals surface area contributed by atoms with E-state index in [0.717, 1.165) is 12.1 Å². The maximum Gasteiger partial charge on any atom is 0.337 e. The van der Waals surface area contributed by atoms with Gasteiger partial charge in [-0.05, 0) is 48.5 Å². The number of rotatable bonds is 4. The van der Waals surface area contributed by atoms with E-state index in [1.165, 1.54) is 48.4 Å². The Hall–Kier alpha value is -2.74. The summed E-state index contributed by atoms with van der Waals surface area (Å²) < 4.78 is 42.5. The van der Waals surface area contributed by atoms with Crippen molar-refractivity contribution in [2.75, 3.05) is 20.2 Å². The Balaban J connectivity index is 1.66. The van der Waals surface area contributed by atoms with Gasteiger partial charge in [-0.15, -0.1) is 0 Å². The van der Waals surface area contributed by atoms with E-state index in [-0.39, 0.29) is 23.9 Å². The first-order valence-electron chi connectivity index (χ1n) is 7.80. The predicted molar refractivity (Wildman–Crippen MR) is 91.1 cm³/mol. The molecule has 6 nitrogen and oxygen atoms in total. The van der Waals surface area contributed by atoms with Crippen molar-refractivity contribution in [1.82, 2.24) is 4.90 Å². The van der Waals surface area contributed by atoms with E-state index < -0.39 is 26.9 Å². The minimum absolute atomic E-state index is 0.0402.